The molecule has 2 aromatic carbocycles. The highest BCUT2D eigenvalue weighted by Gasteiger charge is 2.29. The number of hydrogen-bond acceptors (Lipinski definition) is 4. The summed E-state index contributed by atoms with van der Waals surface area (Å²) in [7, 11) is -3.69. The SMILES string of the molecule is CC(=O)N1CCc2cc(S(=O)(=O)C(C)CC(=O)Nc3ccc(C)c(Cl)c3)ccc21. The summed E-state index contributed by atoms with van der Waals surface area (Å²) in [6.07, 6.45) is 0.436. The number of rotatable bonds is 5. The number of halogens is 1. The molecule has 29 heavy (non-hydrogen) atoms. The van der Waals surface area contributed by atoms with Crippen LogP contribution in [0.5, 0.6) is 0 Å². The molecule has 154 valence electrons. The molecule has 2 aromatic rings. The molecule has 1 heterocycles. The molecule has 2 amide bonds. The van der Waals surface area contributed by atoms with Gasteiger partial charge in [-0.1, -0.05) is 17.7 Å². The van der Waals surface area contributed by atoms with Crippen molar-refractivity contribution in [2.75, 3.05) is 16.8 Å². The average molecular weight is 435 g/mol. The second kappa shape index (κ2) is 8.16. The first kappa shape index (κ1) is 21.3. The average Bonchev–Trinajstić information content (AvgIpc) is 3.08. The van der Waals surface area contributed by atoms with Crippen LogP contribution in [0.3, 0.4) is 0 Å². The Kier molecular flexibility index (Phi) is 6.00. The van der Waals surface area contributed by atoms with E-state index in [1.54, 1.807) is 35.2 Å². The van der Waals surface area contributed by atoms with Crippen LogP contribution >= 0.6 is 11.6 Å². The fourth-order valence-electron chi connectivity index (χ4n) is 3.37. The summed E-state index contributed by atoms with van der Waals surface area (Å²) >= 11 is 6.06. The fourth-order valence-corrected chi connectivity index (χ4v) is 4.95. The predicted molar refractivity (Wildman–Crippen MR) is 114 cm³/mol. The Bertz CT molecular complexity index is 1080. The van der Waals surface area contributed by atoms with E-state index in [0.717, 1.165) is 16.8 Å². The van der Waals surface area contributed by atoms with E-state index in [9.17, 15) is 18.0 Å². The number of benzene rings is 2. The topological polar surface area (TPSA) is 83.6 Å². The molecule has 1 aliphatic heterocycles. The van der Waals surface area contributed by atoms with Crippen molar-refractivity contribution in [2.45, 2.75) is 43.8 Å². The van der Waals surface area contributed by atoms with Crippen molar-refractivity contribution in [1.29, 1.82) is 0 Å². The van der Waals surface area contributed by atoms with Gasteiger partial charge in [-0.25, -0.2) is 8.42 Å². The molecule has 1 aliphatic rings. The molecule has 8 heteroatoms. The van der Waals surface area contributed by atoms with Gasteiger partial charge in [-0.2, -0.15) is 0 Å². The highest BCUT2D eigenvalue weighted by molar-refractivity contribution is 7.92. The van der Waals surface area contributed by atoms with Crippen LogP contribution in [-0.2, 0) is 25.8 Å². The van der Waals surface area contributed by atoms with Crippen molar-refractivity contribution in [3.8, 4) is 0 Å². The van der Waals surface area contributed by atoms with Gasteiger partial charge in [0.25, 0.3) is 0 Å². The van der Waals surface area contributed by atoms with Crippen LogP contribution in [0, 0.1) is 6.92 Å². The molecule has 0 radical (unpaired) electrons. The second-order valence-corrected chi connectivity index (χ2v) is 10.1. The van der Waals surface area contributed by atoms with Crippen molar-refractivity contribution in [3.63, 3.8) is 0 Å². The van der Waals surface area contributed by atoms with Crippen molar-refractivity contribution in [2.24, 2.45) is 0 Å². The van der Waals surface area contributed by atoms with Gasteiger partial charge in [-0.3, -0.25) is 9.59 Å². The number of aryl methyl sites for hydroxylation is 1. The van der Waals surface area contributed by atoms with Crippen LogP contribution in [0.25, 0.3) is 0 Å². The number of nitrogens with zero attached hydrogens (tertiary/aromatic N) is 1. The van der Waals surface area contributed by atoms with E-state index in [0.29, 0.717) is 23.7 Å². The predicted octanol–water partition coefficient (Wildman–Crippen LogP) is 3.75. The van der Waals surface area contributed by atoms with Crippen molar-refractivity contribution >= 4 is 44.6 Å². The molecule has 0 saturated carbocycles. The maximum absolute atomic E-state index is 13.0. The van der Waals surface area contributed by atoms with Crippen LogP contribution in [0.15, 0.2) is 41.3 Å². The monoisotopic (exact) mass is 434 g/mol. The highest BCUT2D eigenvalue weighted by Crippen LogP contribution is 2.31. The van der Waals surface area contributed by atoms with Crippen molar-refractivity contribution < 1.29 is 18.0 Å². The minimum absolute atomic E-state index is 0.0689. The van der Waals surface area contributed by atoms with E-state index >= 15 is 0 Å². The Morgan fingerprint density at radius 3 is 2.59 bits per heavy atom. The van der Waals surface area contributed by atoms with Crippen molar-refractivity contribution in [1.82, 2.24) is 0 Å². The first-order valence-electron chi connectivity index (χ1n) is 9.30. The Morgan fingerprint density at radius 2 is 1.93 bits per heavy atom. The lowest BCUT2D eigenvalue weighted by Crippen LogP contribution is -2.26. The number of amides is 2. The quantitative estimate of drug-likeness (QED) is 0.776. The maximum atomic E-state index is 13.0. The number of sulfone groups is 1. The lowest BCUT2D eigenvalue weighted by molar-refractivity contribution is -0.117. The molecule has 0 spiro atoms. The highest BCUT2D eigenvalue weighted by atomic mass is 35.5. The smallest absolute Gasteiger partial charge is 0.225 e. The molecule has 0 bridgehead atoms. The fraction of sp³-hybridized carbons (Fsp3) is 0.333. The number of fused-ring (bicyclic) bond motifs is 1. The van der Waals surface area contributed by atoms with E-state index in [1.807, 2.05) is 6.92 Å². The molecule has 1 atom stereocenters. The van der Waals surface area contributed by atoms with E-state index in [-0.39, 0.29) is 17.2 Å². The number of anilines is 2. The van der Waals surface area contributed by atoms with Crippen LogP contribution in [0.4, 0.5) is 11.4 Å². The number of nitrogens with one attached hydrogen (secondary N) is 1. The van der Waals surface area contributed by atoms with E-state index < -0.39 is 21.0 Å². The molecule has 0 fully saturated rings. The molecule has 1 unspecified atom stereocenters. The van der Waals surface area contributed by atoms with Gasteiger partial charge < -0.3 is 10.2 Å². The molecular formula is C21H23ClN2O4S. The first-order chi connectivity index (χ1) is 13.6. The zero-order valence-electron chi connectivity index (χ0n) is 16.5. The van der Waals surface area contributed by atoms with Crippen LogP contribution in [0.2, 0.25) is 5.02 Å². The van der Waals surface area contributed by atoms with Gasteiger partial charge in [0.1, 0.15) is 0 Å². The third kappa shape index (κ3) is 4.46. The third-order valence-corrected chi connectivity index (χ3v) is 7.66. The van der Waals surface area contributed by atoms with Gasteiger partial charge in [0.2, 0.25) is 11.8 Å². The normalized spacial score (nSPS) is 14.4. The van der Waals surface area contributed by atoms with Crippen LogP contribution < -0.4 is 10.2 Å². The van der Waals surface area contributed by atoms with E-state index in [4.69, 9.17) is 11.6 Å². The van der Waals surface area contributed by atoms with Gasteiger partial charge in [0.05, 0.1) is 10.1 Å². The zero-order chi connectivity index (χ0) is 21.3. The summed E-state index contributed by atoms with van der Waals surface area (Å²) in [5.41, 5.74) is 2.99. The van der Waals surface area contributed by atoms with Gasteiger partial charge in [-0.05, 0) is 61.7 Å². The standard InChI is InChI=1S/C21H23ClN2O4S/c1-13-4-5-17(12-19(13)22)23-21(26)10-14(2)29(27,28)18-6-7-20-16(11-18)8-9-24(20)15(3)25/h4-7,11-12,14H,8-10H2,1-3H3,(H,23,26). The maximum Gasteiger partial charge on any atom is 0.225 e. The summed E-state index contributed by atoms with van der Waals surface area (Å²) < 4.78 is 25.9. The molecular weight excluding hydrogens is 412 g/mol. The summed E-state index contributed by atoms with van der Waals surface area (Å²) in [4.78, 5) is 25.8. The lowest BCUT2D eigenvalue weighted by Gasteiger charge is -2.16. The zero-order valence-corrected chi connectivity index (χ0v) is 18.1. The Morgan fingerprint density at radius 1 is 1.21 bits per heavy atom. The molecule has 1 N–H and O–H groups in total. The summed E-state index contributed by atoms with van der Waals surface area (Å²) in [6, 6.07) is 9.92. The second-order valence-electron chi connectivity index (χ2n) is 7.28. The molecule has 0 saturated heterocycles. The number of hydrogen-bond donors (Lipinski definition) is 1. The van der Waals surface area contributed by atoms with Gasteiger partial charge in [0, 0.05) is 36.3 Å². The van der Waals surface area contributed by atoms with Gasteiger partial charge >= 0.3 is 0 Å². The minimum Gasteiger partial charge on any atom is -0.326 e. The van der Waals surface area contributed by atoms with Gasteiger partial charge in [0.15, 0.2) is 9.84 Å². The summed E-state index contributed by atoms with van der Waals surface area (Å²) in [5, 5.41) is 2.32. The lowest BCUT2D eigenvalue weighted by atomic mass is 10.2. The van der Waals surface area contributed by atoms with Crippen LogP contribution in [-0.4, -0.2) is 32.0 Å². The third-order valence-electron chi connectivity index (χ3n) is 5.11. The molecule has 6 nitrogen and oxygen atoms in total. The Labute approximate surface area is 175 Å². The summed E-state index contributed by atoms with van der Waals surface area (Å²) in [6.45, 7) is 5.41. The number of carbonyl (C=O) groups is 2. The summed E-state index contributed by atoms with van der Waals surface area (Å²) in [5.74, 6) is -0.467. The molecule has 0 aromatic heterocycles. The van der Waals surface area contributed by atoms with E-state index in [1.165, 1.54) is 19.9 Å². The Balaban J connectivity index is 1.73. The van der Waals surface area contributed by atoms with E-state index in [2.05, 4.69) is 5.32 Å². The number of carbonyl (C=O) groups excluding carboxylic acids is 2. The largest absolute Gasteiger partial charge is 0.326 e. The molecule has 3 rings (SSSR count). The molecule has 0 aliphatic carbocycles. The van der Waals surface area contributed by atoms with Crippen molar-refractivity contribution in [3.05, 3.63) is 52.5 Å². The van der Waals surface area contributed by atoms with Gasteiger partial charge in [-0.15, -0.1) is 0 Å². The van der Waals surface area contributed by atoms with Crippen LogP contribution in [0.1, 0.15) is 31.4 Å². The first-order valence-corrected chi connectivity index (χ1v) is 11.2. The minimum atomic E-state index is -3.69. The Hall–Kier alpha value is -2.38.